The smallest absolute Gasteiger partial charge is 0.148 e. The highest BCUT2D eigenvalue weighted by Gasteiger charge is 2.04. The van der Waals surface area contributed by atoms with Crippen molar-refractivity contribution in [3.8, 4) is 0 Å². The van der Waals surface area contributed by atoms with Gasteiger partial charge in [0.15, 0.2) is 0 Å². The van der Waals surface area contributed by atoms with Gasteiger partial charge in [0.25, 0.3) is 0 Å². The van der Waals surface area contributed by atoms with E-state index in [0.29, 0.717) is 6.54 Å². The molecule has 0 fully saturated rings. The quantitative estimate of drug-likeness (QED) is 0.601. The van der Waals surface area contributed by atoms with Gasteiger partial charge in [-0.15, -0.1) is 0 Å². The second kappa shape index (κ2) is 3.34. The standard InChI is InChI=1S/C7H12N2O/c1-6(10)5-9-7-3-2-4-8-7/h2-5H2,1H3,(H,8,9). The molecule has 3 heteroatoms. The van der Waals surface area contributed by atoms with Gasteiger partial charge in [0, 0.05) is 13.0 Å². The Morgan fingerprint density at radius 1 is 1.80 bits per heavy atom. The highest BCUT2D eigenvalue weighted by atomic mass is 16.1. The molecule has 0 spiro atoms. The first kappa shape index (κ1) is 7.25. The number of ketones is 1. The number of carbonyl (C=O) groups excluding carboxylic acids is 1. The Bertz CT molecular complexity index is 163. The molecule has 56 valence electrons. The normalized spacial score (nSPS) is 16.7. The van der Waals surface area contributed by atoms with Crippen molar-refractivity contribution in [1.82, 2.24) is 5.32 Å². The zero-order valence-corrected chi connectivity index (χ0v) is 6.18. The molecule has 0 aliphatic carbocycles. The number of Topliss-reactive ketones (excluding diaryl/α,β-unsaturated/α-hetero) is 1. The Balaban J connectivity index is 2.19. The molecular formula is C7H12N2O. The summed E-state index contributed by atoms with van der Waals surface area (Å²) in [5.41, 5.74) is 0. The Hall–Kier alpha value is -0.860. The monoisotopic (exact) mass is 140 g/mol. The average molecular weight is 140 g/mol. The minimum absolute atomic E-state index is 0.162. The molecular weight excluding hydrogens is 128 g/mol. The summed E-state index contributed by atoms with van der Waals surface area (Å²) < 4.78 is 0. The van der Waals surface area contributed by atoms with Crippen LogP contribution in [0.25, 0.3) is 0 Å². The summed E-state index contributed by atoms with van der Waals surface area (Å²) in [5, 5.41) is 2.98. The molecule has 0 saturated carbocycles. The number of rotatable bonds is 2. The topological polar surface area (TPSA) is 41.5 Å². The van der Waals surface area contributed by atoms with Gasteiger partial charge < -0.3 is 5.32 Å². The molecule has 1 N–H and O–H groups in total. The van der Waals surface area contributed by atoms with E-state index < -0.39 is 0 Å². The molecule has 0 unspecified atom stereocenters. The van der Waals surface area contributed by atoms with Crippen molar-refractivity contribution < 1.29 is 4.79 Å². The fourth-order valence-corrected chi connectivity index (χ4v) is 0.910. The molecule has 0 saturated heterocycles. The van der Waals surface area contributed by atoms with Crippen LogP contribution in [0.15, 0.2) is 4.99 Å². The Labute approximate surface area is 60.5 Å². The van der Waals surface area contributed by atoms with Crippen molar-refractivity contribution in [3.05, 3.63) is 0 Å². The SMILES string of the molecule is CC(=O)CNC1=NCCC1. The molecule has 3 nitrogen and oxygen atoms in total. The summed E-state index contributed by atoms with van der Waals surface area (Å²) in [6.07, 6.45) is 2.13. The molecule has 1 aliphatic rings. The maximum atomic E-state index is 10.5. The predicted molar refractivity (Wildman–Crippen MR) is 40.2 cm³/mol. The van der Waals surface area contributed by atoms with E-state index in [4.69, 9.17) is 0 Å². The Morgan fingerprint density at radius 2 is 2.60 bits per heavy atom. The van der Waals surface area contributed by atoms with Crippen molar-refractivity contribution in [2.24, 2.45) is 4.99 Å². The van der Waals surface area contributed by atoms with Gasteiger partial charge in [-0.3, -0.25) is 9.79 Å². The molecule has 0 radical (unpaired) electrons. The maximum absolute atomic E-state index is 10.5. The van der Waals surface area contributed by atoms with Crippen LogP contribution in [0.4, 0.5) is 0 Å². The van der Waals surface area contributed by atoms with Crippen molar-refractivity contribution >= 4 is 11.6 Å². The van der Waals surface area contributed by atoms with Crippen LogP contribution in [0.1, 0.15) is 19.8 Å². The first-order chi connectivity index (χ1) is 4.79. The van der Waals surface area contributed by atoms with Gasteiger partial charge in [0.2, 0.25) is 0 Å². The van der Waals surface area contributed by atoms with Crippen LogP contribution in [-0.2, 0) is 4.79 Å². The molecule has 0 amide bonds. The Morgan fingerprint density at radius 3 is 3.10 bits per heavy atom. The lowest BCUT2D eigenvalue weighted by atomic mass is 10.3. The van der Waals surface area contributed by atoms with Crippen LogP contribution in [0.5, 0.6) is 0 Å². The lowest BCUT2D eigenvalue weighted by Gasteiger charge is -2.00. The molecule has 0 aromatic heterocycles. The van der Waals surface area contributed by atoms with Crippen LogP contribution in [-0.4, -0.2) is 24.7 Å². The van der Waals surface area contributed by atoms with Crippen molar-refractivity contribution in [3.63, 3.8) is 0 Å². The minimum Gasteiger partial charge on any atom is -0.367 e. The van der Waals surface area contributed by atoms with E-state index in [1.807, 2.05) is 0 Å². The van der Waals surface area contributed by atoms with Gasteiger partial charge in [0.05, 0.1) is 12.4 Å². The summed E-state index contributed by atoms with van der Waals surface area (Å²) in [4.78, 5) is 14.6. The fourth-order valence-electron chi connectivity index (χ4n) is 0.910. The van der Waals surface area contributed by atoms with Crippen LogP contribution < -0.4 is 5.32 Å². The number of amidine groups is 1. The summed E-state index contributed by atoms with van der Waals surface area (Å²) in [6.45, 7) is 2.92. The number of nitrogens with one attached hydrogen (secondary N) is 1. The third-order valence-electron chi connectivity index (χ3n) is 1.42. The first-order valence-electron chi connectivity index (χ1n) is 3.55. The number of aliphatic imine (C=N–C) groups is 1. The number of carbonyl (C=O) groups is 1. The van der Waals surface area contributed by atoms with Gasteiger partial charge in [-0.05, 0) is 13.3 Å². The van der Waals surface area contributed by atoms with Crippen molar-refractivity contribution in [2.45, 2.75) is 19.8 Å². The maximum Gasteiger partial charge on any atom is 0.148 e. The summed E-state index contributed by atoms with van der Waals surface area (Å²) in [5.74, 6) is 1.16. The molecule has 0 aromatic rings. The molecule has 0 atom stereocenters. The lowest BCUT2D eigenvalue weighted by Crippen LogP contribution is -2.26. The Kier molecular flexibility index (Phi) is 2.42. The van der Waals surface area contributed by atoms with Crippen LogP contribution in [0.3, 0.4) is 0 Å². The van der Waals surface area contributed by atoms with Gasteiger partial charge in [-0.2, -0.15) is 0 Å². The third kappa shape index (κ3) is 2.17. The molecule has 10 heavy (non-hydrogen) atoms. The van der Waals surface area contributed by atoms with E-state index in [-0.39, 0.29) is 5.78 Å². The van der Waals surface area contributed by atoms with Crippen LogP contribution in [0.2, 0.25) is 0 Å². The minimum atomic E-state index is 0.162. The molecule has 1 aliphatic heterocycles. The van der Waals surface area contributed by atoms with E-state index in [2.05, 4.69) is 10.3 Å². The second-order valence-corrected chi connectivity index (χ2v) is 2.49. The first-order valence-corrected chi connectivity index (χ1v) is 3.55. The molecule has 1 heterocycles. The van der Waals surface area contributed by atoms with E-state index >= 15 is 0 Å². The van der Waals surface area contributed by atoms with Gasteiger partial charge in [0.1, 0.15) is 5.78 Å². The van der Waals surface area contributed by atoms with Crippen LogP contribution >= 0.6 is 0 Å². The molecule has 0 aromatic carbocycles. The lowest BCUT2D eigenvalue weighted by molar-refractivity contribution is -0.115. The van der Waals surface area contributed by atoms with Gasteiger partial charge >= 0.3 is 0 Å². The second-order valence-electron chi connectivity index (χ2n) is 2.49. The highest BCUT2D eigenvalue weighted by molar-refractivity contribution is 5.88. The van der Waals surface area contributed by atoms with Crippen LogP contribution in [0, 0.1) is 0 Å². The van der Waals surface area contributed by atoms with Gasteiger partial charge in [-0.25, -0.2) is 0 Å². The van der Waals surface area contributed by atoms with E-state index in [1.165, 1.54) is 0 Å². The summed E-state index contributed by atoms with van der Waals surface area (Å²) in [6, 6.07) is 0. The van der Waals surface area contributed by atoms with Gasteiger partial charge in [-0.1, -0.05) is 0 Å². The largest absolute Gasteiger partial charge is 0.367 e. The fraction of sp³-hybridized carbons (Fsp3) is 0.714. The summed E-state index contributed by atoms with van der Waals surface area (Å²) in [7, 11) is 0. The van der Waals surface area contributed by atoms with E-state index in [1.54, 1.807) is 6.92 Å². The number of nitrogens with zero attached hydrogens (tertiary/aromatic N) is 1. The van der Waals surface area contributed by atoms with E-state index in [0.717, 1.165) is 25.2 Å². The summed E-state index contributed by atoms with van der Waals surface area (Å²) >= 11 is 0. The van der Waals surface area contributed by atoms with Crippen molar-refractivity contribution in [2.75, 3.05) is 13.1 Å². The van der Waals surface area contributed by atoms with E-state index in [9.17, 15) is 4.79 Å². The zero-order valence-electron chi connectivity index (χ0n) is 6.18. The van der Waals surface area contributed by atoms with Crippen molar-refractivity contribution in [1.29, 1.82) is 0 Å². The number of hydrogen-bond donors (Lipinski definition) is 1. The predicted octanol–water partition coefficient (Wildman–Crippen LogP) is 0.357. The number of hydrogen-bond acceptors (Lipinski definition) is 3. The third-order valence-corrected chi connectivity index (χ3v) is 1.42. The average Bonchev–Trinajstić information content (AvgIpc) is 2.34. The highest BCUT2D eigenvalue weighted by Crippen LogP contribution is 2.00. The molecule has 0 bridgehead atoms. The zero-order chi connectivity index (χ0) is 7.40. The molecule has 1 rings (SSSR count).